The monoisotopic (exact) mass is 433 g/mol. The van der Waals surface area contributed by atoms with E-state index in [0.29, 0.717) is 16.5 Å². The number of rotatable bonds is 5. The van der Waals surface area contributed by atoms with Crippen LogP contribution in [0, 0.1) is 6.92 Å². The molecule has 0 saturated carbocycles. The van der Waals surface area contributed by atoms with Gasteiger partial charge in [-0.25, -0.2) is 0 Å². The molecule has 0 aromatic heterocycles. The number of amides is 1. The number of carbonyl (C=O) groups is 1. The van der Waals surface area contributed by atoms with E-state index in [2.05, 4.69) is 9.71 Å². The summed E-state index contributed by atoms with van der Waals surface area (Å²) in [7, 11) is -2.37. The van der Waals surface area contributed by atoms with Crippen molar-refractivity contribution in [3.8, 4) is 5.75 Å². The lowest BCUT2D eigenvalue weighted by atomic mass is 10.1. The number of nitrogens with one attached hydrogen (secondary N) is 1. The molecule has 0 atom stereocenters. The first-order chi connectivity index (χ1) is 13.7. The number of hydrogen-bond acceptors (Lipinski definition) is 4. The fraction of sp³-hybridized carbons (Fsp3) is 0.200. The van der Waals surface area contributed by atoms with E-state index in [-0.39, 0.29) is 17.8 Å². The summed E-state index contributed by atoms with van der Waals surface area (Å²) < 4.78 is 34.8. The fourth-order valence-corrected chi connectivity index (χ4v) is 3.99. The van der Waals surface area contributed by atoms with Crippen molar-refractivity contribution in [3.05, 3.63) is 70.4 Å². The molecular formula is C20H20ClN3O4S. The van der Waals surface area contributed by atoms with Crippen LogP contribution in [0.2, 0.25) is 5.02 Å². The largest absolute Gasteiger partial charge is 0.497 e. The highest BCUT2D eigenvalue weighted by atomic mass is 35.5. The topological polar surface area (TPSA) is 88.1 Å². The predicted octanol–water partition coefficient (Wildman–Crippen LogP) is 3.70. The number of hydrogen-bond donors (Lipinski definition) is 1. The second kappa shape index (κ2) is 8.26. The van der Waals surface area contributed by atoms with E-state index < -0.39 is 16.1 Å². The Kier molecular flexibility index (Phi) is 5.95. The zero-order chi connectivity index (χ0) is 21.2. The molecular weight excluding hydrogens is 414 g/mol. The highest BCUT2D eigenvalue weighted by Gasteiger charge is 2.28. The van der Waals surface area contributed by atoms with E-state index in [0.717, 1.165) is 15.4 Å². The summed E-state index contributed by atoms with van der Waals surface area (Å²) in [5.74, 6) is 0.192. The fourth-order valence-electron chi connectivity index (χ4n) is 2.71. The summed E-state index contributed by atoms with van der Waals surface area (Å²) in [6.07, 6.45) is 1.30. The highest BCUT2D eigenvalue weighted by molar-refractivity contribution is 7.88. The molecule has 0 fully saturated rings. The molecule has 2 aromatic rings. The van der Waals surface area contributed by atoms with Gasteiger partial charge in [-0.2, -0.15) is 8.42 Å². The molecule has 152 valence electrons. The van der Waals surface area contributed by atoms with Gasteiger partial charge in [0.2, 0.25) is 0 Å². The number of carbonyl (C=O) groups excluding carboxylic acids is 1. The number of methoxy groups -OCH3 is 1. The molecule has 0 bridgehead atoms. The van der Waals surface area contributed by atoms with E-state index in [9.17, 15) is 13.2 Å². The van der Waals surface area contributed by atoms with Crippen molar-refractivity contribution in [1.29, 1.82) is 0 Å². The van der Waals surface area contributed by atoms with E-state index in [1.54, 1.807) is 49.6 Å². The molecule has 0 spiro atoms. The summed E-state index contributed by atoms with van der Waals surface area (Å²) in [5.41, 5.74) is 2.40. The van der Waals surface area contributed by atoms with Crippen molar-refractivity contribution in [3.63, 3.8) is 0 Å². The van der Waals surface area contributed by atoms with Gasteiger partial charge in [0.05, 0.1) is 24.9 Å². The summed E-state index contributed by atoms with van der Waals surface area (Å²) >= 11 is 6.10. The lowest BCUT2D eigenvalue weighted by Gasteiger charge is -2.24. The lowest BCUT2D eigenvalue weighted by molar-refractivity contribution is -0.112. The Morgan fingerprint density at radius 2 is 1.86 bits per heavy atom. The summed E-state index contributed by atoms with van der Waals surface area (Å²) in [4.78, 5) is 12.7. The minimum atomic E-state index is -3.93. The molecule has 1 aliphatic rings. The van der Waals surface area contributed by atoms with Crippen LogP contribution in [0.4, 0.5) is 5.69 Å². The Morgan fingerprint density at radius 3 is 2.48 bits per heavy atom. The van der Waals surface area contributed by atoms with Crippen LogP contribution in [-0.4, -0.2) is 31.5 Å². The van der Waals surface area contributed by atoms with E-state index >= 15 is 0 Å². The normalized spacial score (nSPS) is 15.4. The first kappa shape index (κ1) is 20.9. The minimum absolute atomic E-state index is 0.0379. The van der Waals surface area contributed by atoms with Crippen molar-refractivity contribution >= 4 is 39.1 Å². The van der Waals surface area contributed by atoms with Crippen LogP contribution in [0.25, 0.3) is 0 Å². The second-order valence-electron chi connectivity index (χ2n) is 6.51. The maximum Gasteiger partial charge on any atom is 0.344 e. The van der Waals surface area contributed by atoms with Gasteiger partial charge in [-0.15, -0.1) is 4.40 Å². The van der Waals surface area contributed by atoms with Gasteiger partial charge in [-0.3, -0.25) is 9.10 Å². The smallest absolute Gasteiger partial charge is 0.344 e. The third kappa shape index (κ3) is 4.78. The van der Waals surface area contributed by atoms with Crippen LogP contribution in [0.1, 0.15) is 18.1 Å². The number of benzene rings is 2. The quantitative estimate of drug-likeness (QED) is 0.778. The molecule has 29 heavy (non-hydrogen) atoms. The number of aryl methyl sites for hydroxylation is 1. The van der Waals surface area contributed by atoms with Gasteiger partial charge >= 0.3 is 10.2 Å². The van der Waals surface area contributed by atoms with Crippen molar-refractivity contribution < 1.29 is 17.9 Å². The number of halogens is 1. The molecule has 1 amide bonds. The van der Waals surface area contributed by atoms with Gasteiger partial charge in [-0.1, -0.05) is 29.8 Å². The van der Waals surface area contributed by atoms with Crippen LogP contribution in [0.3, 0.4) is 0 Å². The third-order valence-corrected chi connectivity index (χ3v) is 6.12. The Balaban J connectivity index is 1.85. The summed E-state index contributed by atoms with van der Waals surface area (Å²) in [5, 5.41) is 3.25. The van der Waals surface area contributed by atoms with Crippen LogP contribution in [0.5, 0.6) is 5.75 Å². The molecule has 0 saturated heterocycles. The van der Waals surface area contributed by atoms with E-state index in [4.69, 9.17) is 16.3 Å². The lowest BCUT2D eigenvalue weighted by Crippen LogP contribution is -2.32. The Morgan fingerprint density at radius 1 is 1.17 bits per heavy atom. The first-order valence-corrected chi connectivity index (χ1v) is 10.5. The Labute approximate surface area is 174 Å². The van der Waals surface area contributed by atoms with Crippen molar-refractivity contribution in [2.45, 2.75) is 20.4 Å². The van der Waals surface area contributed by atoms with Crippen molar-refractivity contribution in [1.82, 2.24) is 4.31 Å². The zero-order valence-electron chi connectivity index (χ0n) is 16.1. The number of nitrogens with zero attached hydrogens (tertiary/aromatic N) is 2. The zero-order valence-corrected chi connectivity index (χ0v) is 17.7. The summed E-state index contributed by atoms with van der Waals surface area (Å²) in [6.45, 7) is 3.38. The van der Waals surface area contributed by atoms with Crippen molar-refractivity contribution in [2.24, 2.45) is 4.40 Å². The number of anilines is 1. The van der Waals surface area contributed by atoms with Gasteiger partial charge in [0, 0.05) is 16.9 Å². The van der Waals surface area contributed by atoms with Gasteiger partial charge in [0.15, 0.2) is 0 Å². The maximum atomic E-state index is 12.7. The molecule has 1 heterocycles. The Bertz CT molecular complexity index is 1110. The minimum Gasteiger partial charge on any atom is -0.497 e. The molecule has 0 radical (unpaired) electrons. The highest BCUT2D eigenvalue weighted by Crippen LogP contribution is 2.23. The Hall–Kier alpha value is -2.84. The van der Waals surface area contributed by atoms with E-state index in [1.807, 2.05) is 6.92 Å². The van der Waals surface area contributed by atoms with Gasteiger partial charge in [0.1, 0.15) is 5.75 Å². The molecule has 0 unspecified atom stereocenters. The molecule has 2 aromatic carbocycles. The number of ether oxygens (including phenoxy) is 1. The molecule has 0 aliphatic carbocycles. The molecule has 7 nitrogen and oxygen atoms in total. The van der Waals surface area contributed by atoms with Gasteiger partial charge < -0.3 is 10.1 Å². The van der Waals surface area contributed by atoms with Crippen molar-refractivity contribution in [2.75, 3.05) is 12.4 Å². The molecule has 3 rings (SSSR count). The molecule has 1 N–H and O–H groups in total. The summed E-state index contributed by atoms with van der Waals surface area (Å²) in [6, 6.07) is 12.1. The van der Waals surface area contributed by atoms with Gasteiger partial charge in [-0.05, 0) is 49.2 Å². The first-order valence-electron chi connectivity index (χ1n) is 8.70. The maximum absolute atomic E-state index is 12.7. The average Bonchev–Trinajstić information content (AvgIpc) is 2.67. The second-order valence-corrected chi connectivity index (χ2v) is 8.46. The van der Waals surface area contributed by atoms with Crippen LogP contribution in [0.15, 0.2) is 58.6 Å². The standard InChI is InChI=1S/C20H20ClN3O4S/c1-13-4-7-16(10-19(13)21)22-20(25)18-12-24(29(26,27)23-14(18)2)11-15-5-8-17(28-3)9-6-15/h4-10,12H,11H2,1-3H3,(H,22,25). The SMILES string of the molecule is COc1ccc(CN2C=C(C(=O)Nc3ccc(C)c(Cl)c3)C(C)=NS2(=O)=O)cc1. The third-order valence-electron chi connectivity index (χ3n) is 4.38. The van der Waals surface area contributed by atoms with Crippen LogP contribution >= 0.6 is 11.6 Å². The predicted molar refractivity (Wildman–Crippen MR) is 113 cm³/mol. The van der Waals surface area contributed by atoms with E-state index in [1.165, 1.54) is 13.1 Å². The average molecular weight is 434 g/mol. The van der Waals surface area contributed by atoms with Crippen LogP contribution in [-0.2, 0) is 21.5 Å². The van der Waals surface area contributed by atoms with Crippen LogP contribution < -0.4 is 10.1 Å². The molecule has 1 aliphatic heterocycles. The van der Waals surface area contributed by atoms with Gasteiger partial charge in [0.25, 0.3) is 5.91 Å². The molecule has 9 heteroatoms.